The van der Waals surface area contributed by atoms with Crippen molar-refractivity contribution in [3.63, 3.8) is 0 Å². The van der Waals surface area contributed by atoms with Gasteiger partial charge in [0.1, 0.15) is 0 Å². The first kappa shape index (κ1) is 11.7. The second-order valence-corrected chi connectivity index (χ2v) is 3.79. The van der Waals surface area contributed by atoms with E-state index in [9.17, 15) is 0 Å². The first-order valence-corrected chi connectivity index (χ1v) is 5.75. The number of likely N-dealkylation sites (N-methyl/N-ethyl adjacent to an activating group) is 1. The van der Waals surface area contributed by atoms with E-state index in [1.165, 1.54) is 0 Å². The predicted octanol–water partition coefficient (Wildman–Crippen LogP) is 1.59. The zero-order valence-corrected chi connectivity index (χ0v) is 10.1. The maximum atomic E-state index is 5.58. The monoisotopic (exact) mass is 232 g/mol. The van der Waals surface area contributed by atoms with Gasteiger partial charge in [-0.25, -0.2) is 0 Å². The summed E-state index contributed by atoms with van der Waals surface area (Å²) in [4.78, 5) is 4.13. The minimum absolute atomic E-state index is 0.557. The molecule has 0 amide bonds. The highest BCUT2D eigenvalue weighted by molar-refractivity contribution is 5.52. The van der Waals surface area contributed by atoms with Crippen LogP contribution in [0.3, 0.4) is 0 Å². The summed E-state index contributed by atoms with van der Waals surface area (Å²) in [5, 5.41) is 11.3. The molecule has 0 unspecified atom stereocenters. The molecule has 2 rings (SSSR count). The number of nitrogens with one attached hydrogen (secondary N) is 1. The van der Waals surface area contributed by atoms with Crippen molar-refractivity contribution in [3.05, 3.63) is 29.9 Å². The van der Waals surface area contributed by atoms with E-state index in [4.69, 9.17) is 4.42 Å². The van der Waals surface area contributed by atoms with E-state index in [2.05, 4.69) is 27.4 Å². The zero-order valence-electron chi connectivity index (χ0n) is 10.1. The number of nitrogens with zero attached hydrogens (tertiary/aromatic N) is 3. The summed E-state index contributed by atoms with van der Waals surface area (Å²) >= 11 is 0. The van der Waals surface area contributed by atoms with Crippen LogP contribution in [0.5, 0.6) is 0 Å². The first-order valence-electron chi connectivity index (χ1n) is 5.75. The number of pyridine rings is 1. The first-order chi connectivity index (χ1) is 8.29. The molecule has 2 aromatic rings. The Hall–Kier alpha value is -1.75. The van der Waals surface area contributed by atoms with Crippen LogP contribution in [-0.2, 0) is 6.42 Å². The molecular weight excluding hydrogens is 216 g/mol. The van der Waals surface area contributed by atoms with Crippen LogP contribution >= 0.6 is 0 Å². The number of hydrogen-bond acceptors (Lipinski definition) is 5. The van der Waals surface area contributed by atoms with Gasteiger partial charge in [0.2, 0.25) is 11.8 Å². The van der Waals surface area contributed by atoms with E-state index in [1.807, 2.05) is 19.1 Å². The van der Waals surface area contributed by atoms with Gasteiger partial charge in [-0.3, -0.25) is 4.98 Å². The molecule has 0 bridgehead atoms. The smallest absolute Gasteiger partial charge is 0.247 e. The van der Waals surface area contributed by atoms with Gasteiger partial charge in [0.05, 0.1) is 0 Å². The summed E-state index contributed by atoms with van der Waals surface area (Å²) in [6, 6.07) is 3.80. The molecule has 0 saturated heterocycles. The highest BCUT2D eigenvalue weighted by atomic mass is 16.4. The van der Waals surface area contributed by atoms with Crippen LogP contribution in [0.15, 0.2) is 22.7 Å². The molecule has 2 aromatic heterocycles. The molecule has 0 aliphatic rings. The molecular formula is C12H16N4O. The van der Waals surface area contributed by atoms with Crippen molar-refractivity contribution >= 4 is 0 Å². The quantitative estimate of drug-likeness (QED) is 0.793. The van der Waals surface area contributed by atoms with Crippen molar-refractivity contribution < 1.29 is 4.42 Å². The van der Waals surface area contributed by atoms with E-state index in [1.54, 1.807) is 6.20 Å². The Balaban J connectivity index is 2.07. The van der Waals surface area contributed by atoms with Crippen molar-refractivity contribution in [2.45, 2.75) is 20.3 Å². The largest absolute Gasteiger partial charge is 0.421 e. The predicted molar refractivity (Wildman–Crippen MR) is 64.5 cm³/mol. The Labute approximate surface area is 100 Å². The lowest BCUT2D eigenvalue weighted by molar-refractivity contribution is 0.496. The summed E-state index contributed by atoms with van der Waals surface area (Å²) in [5.41, 5.74) is 1.86. The van der Waals surface area contributed by atoms with Gasteiger partial charge < -0.3 is 9.73 Å². The average molecular weight is 232 g/mol. The molecule has 0 atom stereocenters. The molecule has 0 aromatic carbocycles. The van der Waals surface area contributed by atoms with Crippen LogP contribution in [-0.4, -0.2) is 28.3 Å². The maximum Gasteiger partial charge on any atom is 0.247 e. The normalized spacial score (nSPS) is 10.7. The van der Waals surface area contributed by atoms with Crippen LogP contribution in [0.4, 0.5) is 0 Å². The van der Waals surface area contributed by atoms with Crippen LogP contribution in [0.25, 0.3) is 11.5 Å². The minimum atomic E-state index is 0.557. The summed E-state index contributed by atoms with van der Waals surface area (Å²) < 4.78 is 5.58. The fraction of sp³-hybridized carbons (Fsp3) is 0.417. The van der Waals surface area contributed by atoms with Crippen molar-refractivity contribution in [3.8, 4) is 11.5 Å². The number of aryl methyl sites for hydroxylation is 1. The summed E-state index contributed by atoms with van der Waals surface area (Å²) in [7, 11) is 0. The van der Waals surface area contributed by atoms with E-state index in [0.717, 1.165) is 30.8 Å². The number of rotatable bonds is 5. The highest BCUT2D eigenvalue weighted by Gasteiger charge is 2.08. The zero-order chi connectivity index (χ0) is 12.1. The fourth-order valence-electron chi connectivity index (χ4n) is 1.52. The Morgan fingerprint density at radius 3 is 3.00 bits per heavy atom. The second-order valence-electron chi connectivity index (χ2n) is 3.79. The van der Waals surface area contributed by atoms with E-state index in [-0.39, 0.29) is 0 Å². The second kappa shape index (κ2) is 5.54. The molecule has 0 spiro atoms. The molecule has 0 radical (unpaired) electrons. The lowest BCUT2D eigenvalue weighted by Crippen LogP contribution is -2.16. The molecule has 5 nitrogen and oxygen atoms in total. The van der Waals surface area contributed by atoms with Crippen LogP contribution in [0, 0.1) is 6.92 Å². The van der Waals surface area contributed by atoms with Gasteiger partial charge in [-0.05, 0) is 25.6 Å². The third kappa shape index (κ3) is 3.10. The summed E-state index contributed by atoms with van der Waals surface area (Å²) in [6.07, 6.45) is 2.50. The number of hydrogen-bond donors (Lipinski definition) is 1. The number of aromatic nitrogens is 3. The van der Waals surface area contributed by atoms with E-state index >= 15 is 0 Å². The Morgan fingerprint density at radius 2 is 2.24 bits per heavy atom. The van der Waals surface area contributed by atoms with Gasteiger partial charge in [-0.1, -0.05) is 6.92 Å². The molecule has 17 heavy (non-hydrogen) atoms. The molecule has 5 heteroatoms. The third-order valence-electron chi connectivity index (χ3n) is 2.38. The van der Waals surface area contributed by atoms with Crippen molar-refractivity contribution in [2.75, 3.05) is 13.1 Å². The molecule has 0 saturated carbocycles. The summed E-state index contributed by atoms with van der Waals surface area (Å²) in [6.45, 7) is 5.81. The van der Waals surface area contributed by atoms with Gasteiger partial charge in [-0.15, -0.1) is 10.2 Å². The molecule has 0 fully saturated rings. The fourth-order valence-corrected chi connectivity index (χ4v) is 1.52. The Bertz CT molecular complexity index is 481. The van der Waals surface area contributed by atoms with E-state index in [0.29, 0.717) is 11.8 Å². The lowest BCUT2D eigenvalue weighted by atomic mass is 10.2. The van der Waals surface area contributed by atoms with Crippen LogP contribution < -0.4 is 5.32 Å². The molecule has 0 aliphatic heterocycles. The van der Waals surface area contributed by atoms with Gasteiger partial charge in [0.15, 0.2) is 0 Å². The van der Waals surface area contributed by atoms with Crippen molar-refractivity contribution in [2.24, 2.45) is 0 Å². The van der Waals surface area contributed by atoms with Crippen LogP contribution in [0.2, 0.25) is 0 Å². The van der Waals surface area contributed by atoms with Gasteiger partial charge in [0.25, 0.3) is 0 Å². The van der Waals surface area contributed by atoms with E-state index < -0.39 is 0 Å². The average Bonchev–Trinajstić information content (AvgIpc) is 2.78. The van der Waals surface area contributed by atoms with Crippen molar-refractivity contribution in [1.82, 2.24) is 20.5 Å². The van der Waals surface area contributed by atoms with Gasteiger partial charge in [0, 0.05) is 30.4 Å². The molecule has 0 aliphatic carbocycles. The maximum absolute atomic E-state index is 5.58. The Kier molecular flexibility index (Phi) is 3.82. The molecule has 1 N–H and O–H groups in total. The SMILES string of the molecule is CCNCCc1nnc(-c2ccnc(C)c2)o1. The van der Waals surface area contributed by atoms with Gasteiger partial charge >= 0.3 is 0 Å². The Morgan fingerprint density at radius 1 is 1.35 bits per heavy atom. The molecule has 90 valence electrons. The summed E-state index contributed by atoms with van der Waals surface area (Å²) in [5.74, 6) is 1.22. The topological polar surface area (TPSA) is 63.8 Å². The minimum Gasteiger partial charge on any atom is -0.421 e. The highest BCUT2D eigenvalue weighted by Crippen LogP contribution is 2.17. The third-order valence-corrected chi connectivity index (χ3v) is 2.38. The molecule has 2 heterocycles. The van der Waals surface area contributed by atoms with Gasteiger partial charge in [-0.2, -0.15) is 0 Å². The van der Waals surface area contributed by atoms with Crippen molar-refractivity contribution in [1.29, 1.82) is 0 Å². The standard InChI is InChI=1S/C12H16N4O/c1-3-13-6-5-11-15-16-12(17-11)10-4-7-14-9(2)8-10/h4,7-8,13H,3,5-6H2,1-2H3. The lowest BCUT2D eigenvalue weighted by Gasteiger charge is -1.97. The van der Waals surface area contributed by atoms with Crippen LogP contribution in [0.1, 0.15) is 18.5 Å².